The van der Waals surface area contributed by atoms with Crippen LogP contribution in [-0.4, -0.2) is 6.54 Å². The molecule has 1 aromatic rings. The second-order valence-electron chi connectivity index (χ2n) is 3.20. The molecule has 0 heterocycles. The molecule has 0 fully saturated rings. The molecule has 14 heavy (non-hydrogen) atoms. The standard InChI is InChI=1S/C12H16FN/c1-2-3-6-9-14-10-11-7-4-5-8-12(11)13/h2,4-5,7-8,14H,1,3,6,9-10H2. The van der Waals surface area contributed by atoms with Crippen LogP contribution in [0.15, 0.2) is 36.9 Å². The fourth-order valence-electron chi connectivity index (χ4n) is 1.24. The molecule has 0 saturated heterocycles. The van der Waals surface area contributed by atoms with E-state index in [-0.39, 0.29) is 5.82 Å². The average Bonchev–Trinajstić information content (AvgIpc) is 2.20. The monoisotopic (exact) mass is 193 g/mol. The summed E-state index contributed by atoms with van der Waals surface area (Å²) in [7, 11) is 0. The van der Waals surface area contributed by atoms with Crippen LogP contribution in [0.5, 0.6) is 0 Å². The van der Waals surface area contributed by atoms with Gasteiger partial charge in [-0.15, -0.1) is 6.58 Å². The molecule has 76 valence electrons. The largest absolute Gasteiger partial charge is 0.313 e. The number of halogens is 1. The molecule has 0 radical (unpaired) electrons. The first-order chi connectivity index (χ1) is 6.84. The molecule has 0 aliphatic heterocycles. The molecule has 1 N–H and O–H groups in total. The highest BCUT2D eigenvalue weighted by molar-refractivity contribution is 5.16. The van der Waals surface area contributed by atoms with Gasteiger partial charge in [-0.3, -0.25) is 0 Å². The van der Waals surface area contributed by atoms with E-state index >= 15 is 0 Å². The highest BCUT2D eigenvalue weighted by Gasteiger charge is 1.98. The lowest BCUT2D eigenvalue weighted by molar-refractivity contribution is 0.583. The van der Waals surface area contributed by atoms with E-state index in [1.165, 1.54) is 6.07 Å². The Morgan fingerprint density at radius 3 is 2.86 bits per heavy atom. The third-order valence-corrected chi connectivity index (χ3v) is 2.04. The average molecular weight is 193 g/mol. The highest BCUT2D eigenvalue weighted by Crippen LogP contribution is 2.05. The van der Waals surface area contributed by atoms with Gasteiger partial charge in [-0.2, -0.15) is 0 Å². The van der Waals surface area contributed by atoms with Crippen molar-refractivity contribution < 1.29 is 4.39 Å². The lowest BCUT2D eigenvalue weighted by atomic mass is 10.2. The van der Waals surface area contributed by atoms with Gasteiger partial charge in [0.25, 0.3) is 0 Å². The molecule has 0 bridgehead atoms. The summed E-state index contributed by atoms with van der Waals surface area (Å²) in [6.07, 6.45) is 3.95. The third kappa shape index (κ3) is 3.71. The molecule has 1 rings (SSSR count). The molecule has 1 aromatic carbocycles. The Kier molecular flexibility index (Phi) is 4.94. The first-order valence-electron chi connectivity index (χ1n) is 4.89. The van der Waals surface area contributed by atoms with Crippen molar-refractivity contribution in [3.8, 4) is 0 Å². The molecular weight excluding hydrogens is 177 g/mol. The zero-order valence-corrected chi connectivity index (χ0v) is 8.30. The number of nitrogens with one attached hydrogen (secondary N) is 1. The maximum Gasteiger partial charge on any atom is 0.127 e. The number of rotatable bonds is 6. The third-order valence-electron chi connectivity index (χ3n) is 2.04. The van der Waals surface area contributed by atoms with Gasteiger partial charge >= 0.3 is 0 Å². The van der Waals surface area contributed by atoms with Gasteiger partial charge in [0.2, 0.25) is 0 Å². The maximum absolute atomic E-state index is 13.1. The zero-order valence-electron chi connectivity index (χ0n) is 8.30. The summed E-state index contributed by atoms with van der Waals surface area (Å²) >= 11 is 0. The van der Waals surface area contributed by atoms with Gasteiger partial charge in [-0.1, -0.05) is 24.3 Å². The summed E-state index contributed by atoms with van der Waals surface area (Å²) in [5.74, 6) is -0.135. The van der Waals surface area contributed by atoms with Crippen LogP contribution in [0.4, 0.5) is 4.39 Å². The molecule has 0 spiro atoms. The fraction of sp³-hybridized carbons (Fsp3) is 0.333. The molecule has 0 aliphatic rings. The van der Waals surface area contributed by atoms with Gasteiger partial charge in [0.05, 0.1) is 0 Å². The topological polar surface area (TPSA) is 12.0 Å². The Morgan fingerprint density at radius 1 is 1.36 bits per heavy atom. The van der Waals surface area contributed by atoms with Crippen molar-refractivity contribution in [1.29, 1.82) is 0 Å². The quantitative estimate of drug-likeness (QED) is 0.541. The Balaban J connectivity index is 2.24. The summed E-state index contributed by atoms with van der Waals surface area (Å²) in [6, 6.07) is 6.84. The van der Waals surface area contributed by atoms with Gasteiger partial charge in [0, 0.05) is 12.1 Å². The van der Waals surface area contributed by atoms with Gasteiger partial charge in [-0.05, 0) is 25.5 Å². The summed E-state index contributed by atoms with van der Waals surface area (Å²) in [4.78, 5) is 0. The van der Waals surface area contributed by atoms with Crippen LogP contribution in [0.25, 0.3) is 0 Å². The Hall–Kier alpha value is -1.15. The van der Waals surface area contributed by atoms with Gasteiger partial charge < -0.3 is 5.32 Å². The Morgan fingerprint density at radius 2 is 2.14 bits per heavy atom. The van der Waals surface area contributed by atoms with E-state index in [2.05, 4.69) is 11.9 Å². The molecule has 0 aromatic heterocycles. The van der Waals surface area contributed by atoms with E-state index in [9.17, 15) is 4.39 Å². The van der Waals surface area contributed by atoms with Crippen molar-refractivity contribution in [2.24, 2.45) is 0 Å². The van der Waals surface area contributed by atoms with Gasteiger partial charge in [0.15, 0.2) is 0 Å². The van der Waals surface area contributed by atoms with Crippen LogP contribution < -0.4 is 5.32 Å². The molecule has 2 heteroatoms. The molecular formula is C12H16FN. The summed E-state index contributed by atoms with van der Waals surface area (Å²) in [5.41, 5.74) is 0.728. The van der Waals surface area contributed by atoms with Crippen molar-refractivity contribution in [2.75, 3.05) is 6.54 Å². The van der Waals surface area contributed by atoms with Crippen molar-refractivity contribution in [2.45, 2.75) is 19.4 Å². The van der Waals surface area contributed by atoms with Crippen molar-refractivity contribution in [3.63, 3.8) is 0 Å². The predicted octanol–water partition coefficient (Wildman–Crippen LogP) is 2.88. The van der Waals surface area contributed by atoms with E-state index < -0.39 is 0 Å². The zero-order chi connectivity index (χ0) is 10.2. The van der Waals surface area contributed by atoms with Gasteiger partial charge in [0.1, 0.15) is 5.82 Å². The smallest absolute Gasteiger partial charge is 0.127 e. The van der Waals surface area contributed by atoms with E-state index in [0.29, 0.717) is 6.54 Å². The second-order valence-corrected chi connectivity index (χ2v) is 3.20. The van der Waals surface area contributed by atoms with Crippen LogP contribution in [0.2, 0.25) is 0 Å². The van der Waals surface area contributed by atoms with Crippen LogP contribution in [0.1, 0.15) is 18.4 Å². The molecule has 0 saturated carbocycles. The first-order valence-corrected chi connectivity index (χ1v) is 4.89. The summed E-state index contributed by atoms with van der Waals surface area (Å²) < 4.78 is 13.1. The van der Waals surface area contributed by atoms with Crippen LogP contribution in [0, 0.1) is 5.82 Å². The predicted molar refractivity (Wildman–Crippen MR) is 57.5 cm³/mol. The van der Waals surface area contributed by atoms with E-state index in [1.54, 1.807) is 12.1 Å². The minimum atomic E-state index is -0.135. The number of hydrogen-bond donors (Lipinski definition) is 1. The molecule has 0 unspecified atom stereocenters. The van der Waals surface area contributed by atoms with Crippen molar-refractivity contribution >= 4 is 0 Å². The highest BCUT2D eigenvalue weighted by atomic mass is 19.1. The molecule has 0 atom stereocenters. The second kappa shape index (κ2) is 6.33. The van der Waals surface area contributed by atoms with Crippen molar-refractivity contribution in [1.82, 2.24) is 5.32 Å². The van der Waals surface area contributed by atoms with Crippen LogP contribution >= 0.6 is 0 Å². The summed E-state index contributed by atoms with van der Waals surface area (Å²) in [6.45, 7) is 5.15. The maximum atomic E-state index is 13.1. The minimum absolute atomic E-state index is 0.135. The number of allylic oxidation sites excluding steroid dienone is 1. The fourth-order valence-corrected chi connectivity index (χ4v) is 1.24. The first kappa shape index (κ1) is 10.9. The Labute approximate surface area is 84.6 Å². The van der Waals surface area contributed by atoms with E-state index in [0.717, 1.165) is 24.9 Å². The van der Waals surface area contributed by atoms with Gasteiger partial charge in [-0.25, -0.2) is 4.39 Å². The molecule has 0 aliphatic carbocycles. The SMILES string of the molecule is C=CCCCNCc1ccccc1F. The number of unbranched alkanes of at least 4 members (excludes halogenated alkanes) is 1. The van der Waals surface area contributed by atoms with E-state index in [4.69, 9.17) is 0 Å². The van der Waals surface area contributed by atoms with Crippen LogP contribution in [0.3, 0.4) is 0 Å². The van der Waals surface area contributed by atoms with Crippen LogP contribution in [-0.2, 0) is 6.54 Å². The molecule has 0 amide bonds. The summed E-state index contributed by atoms with van der Waals surface area (Å²) in [5, 5.41) is 3.19. The lowest BCUT2D eigenvalue weighted by Crippen LogP contribution is -2.15. The number of benzene rings is 1. The van der Waals surface area contributed by atoms with E-state index in [1.807, 2.05) is 12.1 Å². The number of hydrogen-bond acceptors (Lipinski definition) is 1. The van der Waals surface area contributed by atoms with Crippen molar-refractivity contribution in [3.05, 3.63) is 48.3 Å². The minimum Gasteiger partial charge on any atom is -0.313 e. The lowest BCUT2D eigenvalue weighted by Gasteiger charge is -2.04. The molecule has 1 nitrogen and oxygen atoms in total. The normalized spacial score (nSPS) is 10.1. The Bertz CT molecular complexity index is 283.